The molecule has 0 saturated carbocycles. The number of rotatable bonds is 1. The summed E-state index contributed by atoms with van der Waals surface area (Å²) in [7, 11) is 0. The summed E-state index contributed by atoms with van der Waals surface area (Å²) in [6.45, 7) is 2.61. The molecule has 1 aromatic rings. The van der Waals surface area contributed by atoms with Crippen molar-refractivity contribution in [2.24, 2.45) is 0 Å². The SMILES string of the molecule is CCn1c(Br)c[nH]c1=O. The molecule has 3 nitrogen and oxygen atoms in total. The summed E-state index contributed by atoms with van der Waals surface area (Å²) < 4.78 is 2.40. The highest BCUT2D eigenvalue weighted by atomic mass is 79.9. The van der Waals surface area contributed by atoms with Gasteiger partial charge in [0.05, 0.1) is 0 Å². The van der Waals surface area contributed by atoms with Gasteiger partial charge in [-0.15, -0.1) is 0 Å². The first kappa shape index (κ1) is 6.61. The number of halogens is 1. The number of nitrogens with zero attached hydrogens (tertiary/aromatic N) is 1. The molecule has 0 bridgehead atoms. The van der Waals surface area contributed by atoms with Crippen molar-refractivity contribution in [1.29, 1.82) is 0 Å². The monoisotopic (exact) mass is 190 g/mol. The van der Waals surface area contributed by atoms with Gasteiger partial charge in [-0.3, -0.25) is 4.57 Å². The lowest BCUT2D eigenvalue weighted by Gasteiger charge is -1.92. The first-order valence-electron chi connectivity index (χ1n) is 2.69. The number of H-pyrrole nitrogens is 1. The van der Waals surface area contributed by atoms with Gasteiger partial charge in [-0.25, -0.2) is 4.79 Å². The van der Waals surface area contributed by atoms with E-state index >= 15 is 0 Å². The van der Waals surface area contributed by atoms with E-state index in [0.717, 1.165) is 4.60 Å². The minimum atomic E-state index is -0.0654. The molecular weight excluding hydrogens is 184 g/mol. The molecule has 0 unspecified atom stereocenters. The largest absolute Gasteiger partial charge is 0.326 e. The van der Waals surface area contributed by atoms with E-state index in [1.165, 1.54) is 0 Å². The van der Waals surface area contributed by atoms with Gasteiger partial charge in [0.25, 0.3) is 0 Å². The quantitative estimate of drug-likeness (QED) is 0.705. The third-order valence-electron chi connectivity index (χ3n) is 1.13. The highest BCUT2D eigenvalue weighted by Gasteiger charge is 1.97. The fourth-order valence-electron chi connectivity index (χ4n) is 0.669. The summed E-state index contributed by atoms with van der Waals surface area (Å²) >= 11 is 3.21. The molecule has 1 heterocycles. The van der Waals surface area contributed by atoms with Crippen LogP contribution in [0.2, 0.25) is 0 Å². The molecule has 0 aliphatic carbocycles. The Hall–Kier alpha value is -0.510. The molecule has 0 fully saturated rings. The fourth-order valence-corrected chi connectivity index (χ4v) is 1.20. The Kier molecular flexibility index (Phi) is 1.75. The number of hydrogen-bond acceptors (Lipinski definition) is 1. The molecule has 0 spiro atoms. The van der Waals surface area contributed by atoms with E-state index in [1.807, 2.05) is 6.92 Å². The van der Waals surface area contributed by atoms with Crippen molar-refractivity contribution >= 4 is 15.9 Å². The van der Waals surface area contributed by atoms with Gasteiger partial charge in [-0.05, 0) is 22.9 Å². The van der Waals surface area contributed by atoms with Crippen molar-refractivity contribution in [3.05, 3.63) is 21.3 Å². The van der Waals surface area contributed by atoms with Crippen LogP contribution in [-0.4, -0.2) is 9.55 Å². The molecule has 0 atom stereocenters. The minimum absolute atomic E-state index is 0.0654. The second-order valence-corrected chi connectivity index (χ2v) is 2.47. The van der Waals surface area contributed by atoms with Crippen LogP contribution in [0, 0.1) is 0 Å². The van der Waals surface area contributed by atoms with E-state index < -0.39 is 0 Å². The lowest BCUT2D eigenvalue weighted by Crippen LogP contribution is -2.15. The van der Waals surface area contributed by atoms with Gasteiger partial charge in [-0.2, -0.15) is 0 Å². The Morgan fingerprint density at radius 2 is 2.56 bits per heavy atom. The maximum absolute atomic E-state index is 10.7. The molecule has 0 aliphatic rings. The summed E-state index contributed by atoms with van der Waals surface area (Å²) in [5.74, 6) is 0. The van der Waals surface area contributed by atoms with Crippen LogP contribution in [0.15, 0.2) is 15.6 Å². The van der Waals surface area contributed by atoms with Gasteiger partial charge < -0.3 is 4.98 Å². The van der Waals surface area contributed by atoms with Crippen LogP contribution in [0.1, 0.15) is 6.92 Å². The zero-order chi connectivity index (χ0) is 6.85. The van der Waals surface area contributed by atoms with Crippen LogP contribution in [0.3, 0.4) is 0 Å². The van der Waals surface area contributed by atoms with Crippen molar-refractivity contribution in [2.75, 3.05) is 0 Å². The van der Waals surface area contributed by atoms with Crippen molar-refractivity contribution in [2.45, 2.75) is 13.5 Å². The normalized spacial score (nSPS) is 10.0. The average Bonchev–Trinajstić information content (AvgIpc) is 2.12. The Labute approximate surface area is 60.8 Å². The second kappa shape index (κ2) is 2.39. The molecule has 0 aliphatic heterocycles. The van der Waals surface area contributed by atoms with Gasteiger partial charge in [0.2, 0.25) is 0 Å². The van der Waals surface area contributed by atoms with Crippen LogP contribution >= 0.6 is 15.9 Å². The highest BCUT2D eigenvalue weighted by Crippen LogP contribution is 2.03. The summed E-state index contributed by atoms with van der Waals surface area (Å²) in [4.78, 5) is 13.3. The number of imidazole rings is 1. The average molecular weight is 191 g/mol. The van der Waals surface area contributed by atoms with Gasteiger partial charge in [-0.1, -0.05) is 0 Å². The Morgan fingerprint density at radius 1 is 1.89 bits per heavy atom. The number of aromatic amines is 1. The zero-order valence-corrected chi connectivity index (χ0v) is 6.60. The molecule has 0 radical (unpaired) electrons. The van der Waals surface area contributed by atoms with Gasteiger partial charge >= 0.3 is 5.69 Å². The standard InChI is InChI=1S/C5H7BrN2O/c1-2-8-4(6)3-7-5(8)9/h3H,2H2,1H3,(H,7,9). The maximum atomic E-state index is 10.7. The summed E-state index contributed by atoms with van der Waals surface area (Å²) in [6, 6.07) is 0. The Morgan fingerprint density at radius 3 is 2.78 bits per heavy atom. The third kappa shape index (κ3) is 1.08. The van der Waals surface area contributed by atoms with Crippen LogP contribution in [0.5, 0.6) is 0 Å². The van der Waals surface area contributed by atoms with Gasteiger partial charge in [0, 0.05) is 12.7 Å². The molecule has 50 valence electrons. The van der Waals surface area contributed by atoms with Crippen LogP contribution in [0.25, 0.3) is 0 Å². The summed E-state index contributed by atoms with van der Waals surface area (Å²) in [6.07, 6.45) is 1.63. The number of aromatic nitrogens is 2. The topological polar surface area (TPSA) is 37.8 Å². The van der Waals surface area contributed by atoms with E-state index in [4.69, 9.17) is 0 Å². The summed E-state index contributed by atoms with van der Waals surface area (Å²) in [5.41, 5.74) is -0.0654. The maximum Gasteiger partial charge on any atom is 0.326 e. The summed E-state index contributed by atoms with van der Waals surface area (Å²) in [5, 5.41) is 0. The minimum Gasteiger partial charge on any atom is -0.312 e. The van der Waals surface area contributed by atoms with Crippen molar-refractivity contribution in [1.82, 2.24) is 9.55 Å². The van der Waals surface area contributed by atoms with E-state index in [-0.39, 0.29) is 5.69 Å². The first-order chi connectivity index (χ1) is 4.25. The molecular formula is C5H7BrN2O. The molecule has 1 N–H and O–H groups in total. The zero-order valence-electron chi connectivity index (χ0n) is 5.02. The number of nitrogens with one attached hydrogen (secondary N) is 1. The lowest BCUT2D eigenvalue weighted by molar-refractivity contribution is 0.715. The van der Waals surface area contributed by atoms with Crippen molar-refractivity contribution < 1.29 is 0 Å². The molecule has 0 aromatic carbocycles. The van der Waals surface area contributed by atoms with E-state index in [0.29, 0.717) is 6.54 Å². The molecule has 1 rings (SSSR count). The molecule has 1 aromatic heterocycles. The molecule has 9 heavy (non-hydrogen) atoms. The smallest absolute Gasteiger partial charge is 0.312 e. The number of hydrogen-bond donors (Lipinski definition) is 1. The predicted molar refractivity (Wildman–Crippen MR) is 38.4 cm³/mol. The van der Waals surface area contributed by atoms with Crippen LogP contribution < -0.4 is 5.69 Å². The third-order valence-corrected chi connectivity index (χ3v) is 1.79. The van der Waals surface area contributed by atoms with Crippen molar-refractivity contribution in [3.63, 3.8) is 0 Å². The first-order valence-corrected chi connectivity index (χ1v) is 3.48. The second-order valence-electron chi connectivity index (χ2n) is 1.66. The van der Waals surface area contributed by atoms with Crippen LogP contribution in [-0.2, 0) is 6.54 Å². The molecule has 4 heteroatoms. The Balaban J connectivity index is 3.23. The predicted octanol–water partition coefficient (Wildman–Crippen LogP) is 0.959. The molecule has 0 saturated heterocycles. The fraction of sp³-hybridized carbons (Fsp3) is 0.400. The van der Waals surface area contributed by atoms with Crippen molar-refractivity contribution in [3.8, 4) is 0 Å². The highest BCUT2D eigenvalue weighted by molar-refractivity contribution is 9.10. The van der Waals surface area contributed by atoms with Crippen LogP contribution in [0.4, 0.5) is 0 Å². The van der Waals surface area contributed by atoms with Gasteiger partial charge in [0.1, 0.15) is 4.60 Å². The Bertz CT molecular complexity index is 250. The lowest BCUT2D eigenvalue weighted by atomic mass is 10.7. The van der Waals surface area contributed by atoms with E-state index in [9.17, 15) is 4.79 Å². The van der Waals surface area contributed by atoms with E-state index in [2.05, 4.69) is 20.9 Å². The van der Waals surface area contributed by atoms with E-state index in [1.54, 1.807) is 10.8 Å². The van der Waals surface area contributed by atoms with Gasteiger partial charge in [0.15, 0.2) is 0 Å². The molecule has 0 amide bonds.